The van der Waals surface area contributed by atoms with Crippen molar-refractivity contribution in [3.05, 3.63) is 71.6 Å². The number of thiophene rings is 1. The van der Waals surface area contributed by atoms with E-state index in [2.05, 4.69) is 10.0 Å². The van der Waals surface area contributed by atoms with Crippen molar-refractivity contribution in [3.8, 4) is 0 Å². The second kappa shape index (κ2) is 7.08. The number of hydrogen-bond acceptors (Lipinski definition) is 5. The van der Waals surface area contributed by atoms with Crippen molar-refractivity contribution in [1.82, 2.24) is 0 Å². The van der Waals surface area contributed by atoms with E-state index in [1.54, 1.807) is 53.9 Å². The van der Waals surface area contributed by atoms with E-state index in [-0.39, 0.29) is 9.99 Å². The predicted octanol–water partition coefficient (Wildman–Crippen LogP) is 4.50. The van der Waals surface area contributed by atoms with Gasteiger partial charge in [-0.15, -0.1) is 11.3 Å². The van der Waals surface area contributed by atoms with Crippen LogP contribution in [0.25, 0.3) is 0 Å². The molecular formula is C18H16N2O3S2. The van der Waals surface area contributed by atoms with Crippen LogP contribution in [0.3, 0.4) is 0 Å². The van der Waals surface area contributed by atoms with Gasteiger partial charge in [-0.1, -0.05) is 6.07 Å². The molecule has 0 aliphatic carbocycles. The van der Waals surface area contributed by atoms with Crippen LogP contribution in [0.5, 0.6) is 0 Å². The Kier molecular flexibility index (Phi) is 4.87. The molecule has 0 atom stereocenters. The Morgan fingerprint density at radius 3 is 1.96 bits per heavy atom. The zero-order valence-corrected chi connectivity index (χ0v) is 15.0. The highest BCUT2D eigenvalue weighted by Crippen LogP contribution is 2.23. The van der Waals surface area contributed by atoms with E-state index in [0.29, 0.717) is 11.3 Å². The maximum atomic E-state index is 12.2. The van der Waals surface area contributed by atoms with E-state index in [4.69, 9.17) is 0 Å². The number of anilines is 3. The number of rotatable bonds is 6. The SMILES string of the molecule is CC(=O)c1ccc(Nc2ccc(NS(=O)(=O)c3cccs3)cc2)cc1. The number of nitrogens with one attached hydrogen (secondary N) is 2. The third kappa shape index (κ3) is 4.26. The van der Waals surface area contributed by atoms with Crippen LogP contribution in [0.15, 0.2) is 70.3 Å². The van der Waals surface area contributed by atoms with Crippen molar-refractivity contribution in [2.24, 2.45) is 0 Å². The summed E-state index contributed by atoms with van der Waals surface area (Å²) in [5.41, 5.74) is 2.81. The summed E-state index contributed by atoms with van der Waals surface area (Å²) in [6.07, 6.45) is 0. The van der Waals surface area contributed by atoms with Crippen LogP contribution in [0, 0.1) is 0 Å². The van der Waals surface area contributed by atoms with Gasteiger partial charge in [0.15, 0.2) is 5.78 Å². The van der Waals surface area contributed by atoms with Gasteiger partial charge in [-0.25, -0.2) is 8.42 Å². The van der Waals surface area contributed by atoms with Gasteiger partial charge in [-0.05, 0) is 66.9 Å². The lowest BCUT2D eigenvalue weighted by molar-refractivity contribution is 0.101. The van der Waals surface area contributed by atoms with Crippen LogP contribution in [0.4, 0.5) is 17.1 Å². The molecule has 128 valence electrons. The minimum atomic E-state index is -3.54. The maximum Gasteiger partial charge on any atom is 0.271 e. The number of carbonyl (C=O) groups excluding carboxylic acids is 1. The fraction of sp³-hybridized carbons (Fsp3) is 0.0556. The fourth-order valence-electron chi connectivity index (χ4n) is 2.20. The summed E-state index contributed by atoms with van der Waals surface area (Å²) in [5, 5.41) is 4.92. The summed E-state index contributed by atoms with van der Waals surface area (Å²) < 4.78 is 27.2. The van der Waals surface area contributed by atoms with Crippen LogP contribution >= 0.6 is 11.3 Å². The van der Waals surface area contributed by atoms with E-state index < -0.39 is 10.0 Å². The predicted molar refractivity (Wildman–Crippen MR) is 101 cm³/mol. The van der Waals surface area contributed by atoms with Crippen molar-refractivity contribution in [2.75, 3.05) is 10.0 Å². The number of benzene rings is 2. The summed E-state index contributed by atoms with van der Waals surface area (Å²) in [6, 6.07) is 17.4. The summed E-state index contributed by atoms with van der Waals surface area (Å²) in [6.45, 7) is 1.53. The van der Waals surface area contributed by atoms with Crippen LogP contribution < -0.4 is 10.0 Å². The van der Waals surface area contributed by atoms with E-state index in [1.807, 2.05) is 12.1 Å². The molecule has 7 heteroatoms. The van der Waals surface area contributed by atoms with Crippen molar-refractivity contribution >= 4 is 44.2 Å². The first-order valence-corrected chi connectivity index (χ1v) is 9.85. The van der Waals surface area contributed by atoms with Gasteiger partial charge in [0, 0.05) is 22.6 Å². The zero-order chi connectivity index (χ0) is 17.9. The van der Waals surface area contributed by atoms with Gasteiger partial charge in [0.1, 0.15) is 4.21 Å². The van der Waals surface area contributed by atoms with Crippen molar-refractivity contribution in [3.63, 3.8) is 0 Å². The zero-order valence-electron chi connectivity index (χ0n) is 13.4. The van der Waals surface area contributed by atoms with Crippen molar-refractivity contribution in [1.29, 1.82) is 0 Å². The highest BCUT2D eigenvalue weighted by molar-refractivity contribution is 7.94. The molecule has 0 unspecified atom stereocenters. The number of hydrogen-bond donors (Lipinski definition) is 2. The summed E-state index contributed by atoms with van der Waals surface area (Å²) in [4.78, 5) is 11.3. The average molecular weight is 372 g/mol. The van der Waals surface area contributed by atoms with Gasteiger partial charge in [-0.2, -0.15) is 0 Å². The topological polar surface area (TPSA) is 75.3 Å². The van der Waals surface area contributed by atoms with E-state index in [0.717, 1.165) is 11.4 Å². The third-order valence-electron chi connectivity index (χ3n) is 3.48. The largest absolute Gasteiger partial charge is 0.356 e. The molecule has 1 aromatic heterocycles. The van der Waals surface area contributed by atoms with Crippen molar-refractivity contribution in [2.45, 2.75) is 11.1 Å². The minimum Gasteiger partial charge on any atom is -0.356 e. The second-order valence-electron chi connectivity index (χ2n) is 5.37. The smallest absolute Gasteiger partial charge is 0.271 e. The molecule has 0 amide bonds. The lowest BCUT2D eigenvalue weighted by atomic mass is 10.1. The summed E-state index contributed by atoms with van der Waals surface area (Å²) >= 11 is 1.17. The van der Waals surface area contributed by atoms with Gasteiger partial charge >= 0.3 is 0 Å². The summed E-state index contributed by atoms with van der Waals surface area (Å²) in [5.74, 6) is 0.0222. The lowest BCUT2D eigenvalue weighted by Gasteiger charge is -2.09. The highest BCUT2D eigenvalue weighted by atomic mass is 32.2. The molecule has 0 aliphatic heterocycles. The standard InChI is InChI=1S/C18H16N2O3S2/c1-13(21)14-4-6-15(7-5-14)19-16-8-10-17(11-9-16)20-25(22,23)18-3-2-12-24-18/h2-12,19-20H,1H3. The Balaban J connectivity index is 1.69. The number of ketones is 1. The Morgan fingerprint density at radius 2 is 1.44 bits per heavy atom. The van der Waals surface area contributed by atoms with Crippen LogP contribution in [-0.2, 0) is 10.0 Å². The van der Waals surface area contributed by atoms with E-state index >= 15 is 0 Å². The Morgan fingerprint density at radius 1 is 0.880 bits per heavy atom. The molecule has 0 aliphatic rings. The number of sulfonamides is 1. The molecule has 3 rings (SSSR count). The number of carbonyl (C=O) groups is 1. The molecule has 2 aromatic carbocycles. The molecule has 25 heavy (non-hydrogen) atoms. The molecule has 0 saturated heterocycles. The molecule has 1 heterocycles. The first kappa shape index (κ1) is 17.2. The highest BCUT2D eigenvalue weighted by Gasteiger charge is 2.14. The molecular weight excluding hydrogens is 356 g/mol. The van der Waals surface area contributed by atoms with Gasteiger partial charge in [0.25, 0.3) is 10.0 Å². The fourth-order valence-corrected chi connectivity index (χ4v) is 4.25. The van der Waals surface area contributed by atoms with Gasteiger partial charge in [0.05, 0.1) is 0 Å². The van der Waals surface area contributed by atoms with Crippen LogP contribution in [0.2, 0.25) is 0 Å². The summed E-state index contributed by atoms with van der Waals surface area (Å²) in [7, 11) is -3.54. The van der Waals surface area contributed by atoms with Gasteiger partial charge < -0.3 is 5.32 Å². The molecule has 0 saturated carbocycles. The van der Waals surface area contributed by atoms with E-state index in [9.17, 15) is 13.2 Å². The van der Waals surface area contributed by atoms with Gasteiger partial charge in [0.2, 0.25) is 0 Å². The second-order valence-corrected chi connectivity index (χ2v) is 8.23. The van der Waals surface area contributed by atoms with Crippen molar-refractivity contribution < 1.29 is 13.2 Å². The molecule has 0 fully saturated rings. The Bertz CT molecular complexity index is 962. The Labute approximate surface area is 150 Å². The maximum absolute atomic E-state index is 12.2. The third-order valence-corrected chi connectivity index (χ3v) is 6.26. The molecule has 0 radical (unpaired) electrons. The molecule has 3 aromatic rings. The molecule has 5 nitrogen and oxygen atoms in total. The first-order valence-electron chi connectivity index (χ1n) is 7.48. The first-order chi connectivity index (χ1) is 11.9. The normalized spacial score (nSPS) is 11.1. The minimum absolute atomic E-state index is 0.0222. The van der Waals surface area contributed by atoms with E-state index in [1.165, 1.54) is 18.3 Å². The van der Waals surface area contributed by atoms with Gasteiger partial charge in [-0.3, -0.25) is 9.52 Å². The Hall–Kier alpha value is -2.64. The molecule has 2 N–H and O–H groups in total. The monoisotopic (exact) mass is 372 g/mol. The number of Topliss-reactive ketones (excluding diaryl/α,β-unsaturated/α-hetero) is 1. The lowest BCUT2D eigenvalue weighted by Crippen LogP contribution is -2.11. The van der Waals surface area contributed by atoms with Crippen LogP contribution in [0.1, 0.15) is 17.3 Å². The quantitative estimate of drug-likeness (QED) is 0.625. The molecule has 0 spiro atoms. The molecule has 0 bridgehead atoms. The average Bonchev–Trinajstić information content (AvgIpc) is 3.12. The van der Waals surface area contributed by atoms with Crippen LogP contribution in [-0.4, -0.2) is 14.2 Å².